The SMILES string of the molecule is Nc1ncc(-c2cn(C34CC(C3)C4)c(C(O)C3CC3)n2)cc1OC(F)(F)F. The molecule has 0 aromatic carbocycles. The van der Waals surface area contributed by atoms with Gasteiger partial charge in [0, 0.05) is 23.5 Å². The third kappa shape index (κ3) is 2.75. The first-order valence-electron chi connectivity index (χ1n) is 9.04. The van der Waals surface area contributed by atoms with Crippen LogP contribution < -0.4 is 10.5 Å². The van der Waals surface area contributed by atoms with Crippen molar-refractivity contribution in [1.29, 1.82) is 0 Å². The van der Waals surface area contributed by atoms with Crippen LogP contribution in [0.15, 0.2) is 18.5 Å². The second-order valence-corrected chi connectivity index (χ2v) is 7.99. The lowest BCUT2D eigenvalue weighted by Gasteiger charge is -2.62. The Kier molecular flexibility index (Phi) is 3.35. The average Bonchev–Trinajstić information content (AvgIpc) is 3.25. The van der Waals surface area contributed by atoms with Gasteiger partial charge >= 0.3 is 6.36 Å². The molecule has 4 saturated carbocycles. The lowest BCUT2D eigenvalue weighted by Crippen LogP contribution is -2.59. The van der Waals surface area contributed by atoms with E-state index in [1.54, 1.807) is 0 Å². The van der Waals surface area contributed by atoms with Crippen LogP contribution in [0.2, 0.25) is 0 Å². The number of anilines is 1. The van der Waals surface area contributed by atoms with E-state index in [-0.39, 0.29) is 17.3 Å². The van der Waals surface area contributed by atoms with Gasteiger partial charge in [0.15, 0.2) is 11.6 Å². The smallest absolute Gasteiger partial charge is 0.402 e. The number of pyridine rings is 1. The molecule has 0 saturated heterocycles. The highest BCUT2D eigenvalue weighted by molar-refractivity contribution is 5.64. The summed E-state index contributed by atoms with van der Waals surface area (Å²) in [5, 5.41) is 10.7. The molecule has 2 aromatic rings. The van der Waals surface area contributed by atoms with Gasteiger partial charge in [0.25, 0.3) is 0 Å². The van der Waals surface area contributed by atoms with E-state index in [9.17, 15) is 18.3 Å². The number of nitrogens with zero attached hydrogens (tertiary/aromatic N) is 3. The van der Waals surface area contributed by atoms with Crippen LogP contribution in [0.25, 0.3) is 11.3 Å². The van der Waals surface area contributed by atoms with E-state index in [0.717, 1.165) is 38.0 Å². The van der Waals surface area contributed by atoms with E-state index in [0.29, 0.717) is 17.1 Å². The number of alkyl halides is 3. The molecule has 4 fully saturated rings. The van der Waals surface area contributed by atoms with Crippen molar-refractivity contribution in [2.45, 2.75) is 50.1 Å². The molecule has 0 aliphatic heterocycles. The number of nitrogens with two attached hydrogens (primary N) is 1. The van der Waals surface area contributed by atoms with Crippen molar-refractivity contribution in [3.63, 3.8) is 0 Å². The van der Waals surface area contributed by atoms with Gasteiger partial charge in [-0.25, -0.2) is 9.97 Å². The summed E-state index contributed by atoms with van der Waals surface area (Å²) in [6, 6.07) is 1.19. The number of imidazole rings is 1. The number of halogens is 3. The minimum absolute atomic E-state index is 0.00760. The highest BCUT2D eigenvalue weighted by atomic mass is 19.4. The first-order valence-corrected chi connectivity index (χ1v) is 9.04. The molecule has 1 atom stereocenters. The molecule has 9 heteroatoms. The summed E-state index contributed by atoms with van der Waals surface area (Å²) >= 11 is 0. The van der Waals surface area contributed by atoms with E-state index < -0.39 is 18.2 Å². The Hall–Kier alpha value is -2.29. The van der Waals surface area contributed by atoms with Crippen LogP contribution in [0.1, 0.15) is 44.0 Å². The van der Waals surface area contributed by atoms with Crippen LogP contribution in [0.5, 0.6) is 5.75 Å². The summed E-state index contributed by atoms with van der Waals surface area (Å²) in [6.45, 7) is 0. The Balaban J connectivity index is 1.53. The first kappa shape index (κ1) is 16.9. The van der Waals surface area contributed by atoms with Crippen LogP contribution in [-0.4, -0.2) is 26.0 Å². The number of aliphatic hydroxyl groups is 1. The van der Waals surface area contributed by atoms with Gasteiger partial charge < -0.3 is 20.1 Å². The molecular weight excluding hydrogens is 361 g/mol. The maximum absolute atomic E-state index is 12.6. The Bertz CT molecular complexity index is 889. The van der Waals surface area contributed by atoms with Gasteiger partial charge in [-0.05, 0) is 50.0 Å². The Labute approximate surface area is 153 Å². The molecule has 2 aromatic heterocycles. The third-order valence-corrected chi connectivity index (χ3v) is 5.99. The summed E-state index contributed by atoms with van der Waals surface area (Å²) in [6.07, 6.45) is 2.81. The second kappa shape index (κ2) is 5.37. The van der Waals surface area contributed by atoms with Crippen molar-refractivity contribution in [3.8, 4) is 17.0 Å². The summed E-state index contributed by atoms with van der Waals surface area (Å²) < 4.78 is 43.8. The average molecular weight is 380 g/mol. The summed E-state index contributed by atoms with van der Waals surface area (Å²) in [4.78, 5) is 8.40. The predicted octanol–water partition coefficient (Wildman–Crippen LogP) is 3.38. The zero-order chi connectivity index (χ0) is 19.0. The van der Waals surface area contributed by atoms with E-state index in [4.69, 9.17) is 5.73 Å². The fourth-order valence-corrected chi connectivity index (χ4v) is 4.27. The fourth-order valence-electron chi connectivity index (χ4n) is 4.27. The maximum atomic E-state index is 12.6. The Morgan fingerprint density at radius 1 is 1.30 bits per heavy atom. The van der Waals surface area contributed by atoms with Crippen LogP contribution in [-0.2, 0) is 5.54 Å². The van der Waals surface area contributed by atoms with Crippen molar-refractivity contribution in [2.24, 2.45) is 11.8 Å². The summed E-state index contributed by atoms with van der Waals surface area (Å²) in [5.41, 5.74) is 6.36. The molecule has 6 nitrogen and oxygen atoms in total. The standard InChI is InChI=1S/C18H19F3N4O2/c19-18(20,21)27-13-3-11(7-23-15(13)22)12-8-25(17-4-9(5-17)6-17)16(24-12)14(26)10-1-2-10/h3,7-10,14,26H,1-2,4-6H2,(H2,22,23). The Morgan fingerprint density at radius 2 is 2.00 bits per heavy atom. The van der Waals surface area contributed by atoms with E-state index in [1.807, 2.05) is 10.8 Å². The normalized spacial score (nSPS) is 27.6. The monoisotopic (exact) mass is 380 g/mol. The molecule has 0 spiro atoms. The van der Waals surface area contributed by atoms with E-state index in [1.165, 1.54) is 12.3 Å². The number of aliphatic hydroxyl groups excluding tert-OH is 1. The first-order chi connectivity index (χ1) is 12.7. The number of aromatic nitrogens is 3. The van der Waals surface area contributed by atoms with Crippen molar-refractivity contribution in [1.82, 2.24) is 14.5 Å². The molecule has 1 unspecified atom stereocenters. The molecule has 2 heterocycles. The highest BCUT2D eigenvalue weighted by Crippen LogP contribution is 2.63. The highest BCUT2D eigenvalue weighted by Gasteiger charge is 2.59. The van der Waals surface area contributed by atoms with Crippen LogP contribution in [0.3, 0.4) is 0 Å². The van der Waals surface area contributed by atoms with Crippen LogP contribution in [0, 0.1) is 11.8 Å². The quantitative estimate of drug-likeness (QED) is 0.831. The van der Waals surface area contributed by atoms with Gasteiger partial charge in [0.1, 0.15) is 11.9 Å². The molecule has 2 bridgehead atoms. The van der Waals surface area contributed by atoms with Gasteiger partial charge in [0.2, 0.25) is 0 Å². The molecule has 144 valence electrons. The number of hydrogen-bond donors (Lipinski definition) is 2. The van der Waals surface area contributed by atoms with Crippen LogP contribution >= 0.6 is 0 Å². The van der Waals surface area contributed by atoms with Crippen LogP contribution in [0.4, 0.5) is 19.0 Å². The van der Waals surface area contributed by atoms with Crippen molar-refractivity contribution >= 4 is 5.82 Å². The zero-order valence-electron chi connectivity index (χ0n) is 14.4. The number of nitrogen functional groups attached to an aromatic ring is 1. The lowest BCUT2D eigenvalue weighted by molar-refractivity contribution is -0.274. The van der Waals surface area contributed by atoms with Crippen molar-refractivity contribution in [3.05, 3.63) is 24.3 Å². The molecule has 6 rings (SSSR count). The van der Waals surface area contributed by atoms with Gasteiger partial charge in [0.05, 0.1) is 5.69 Å². The Morgan fingerprint density at radius 3 is 2.56 bits per heavy atom. The summed E-state index contributed by atoms with van der Waals surface area (Å²) in [5.74, 6) is 0.657. The maximum Gasteiger partial charge on any atom is 0.573 e. The fraction of sp³-hybridized carbons (Fsp3) is 0.556. The van der Waals surface area contributed by atoms with E-state index >= 15 is 0 Å². The molecule has 4 aliphatic rings. The van der Waals surface area contributed by atoms with Crippen molar-refractivity contribution in [2.75, 3.05) is 5.73 Å². The third-order valence-electron chi connectivity index (χ3n) is 5.99. The summed E-state index contributed by atoms with van der Waals surface area (Å²) in [7, 11) is 0. The zero-order valence-corrected chi connectivity index (χ0v) is 14.4. The molecule has 4 aliphatic carbocycles. The molecular formula is C18H19F3N4O2. The van der Waals surface area contributed by atoms with E-state index in [2.05, 4.69) is 14.7 Å². The largest absolute Gasteiger partial charge is 0.573 e. The van der Waals surface area contributed by atoms with Crippen molar-refractivity contribution < 1.29 is 23.0 Å². The number of rotatable bonds is 5. The lowest BCUT2D eigenvalue weighted by atomic mass is 9.49. The topological polar surface area (TPSA) is 86.2 Å². The van der Waals surface area contributed by atoms with Gasteiger partial charge in [-0.3, -0.25) is 0 Å². The minimum Gasteiger partial charge on any atom is -0.402 e. The predicted molar refractivity (Wildman–Crippen MR) is 89.6 cm³/mol. The minimum atomic E-state index is -4.85. The van der Waals surface area contributed by atoms with Gasteiger partial charge in [-0.1, -0.05) is 0 Å². The number of hydrogen-bond acceptors (Lipinski definition) is 5. The molecule has 3 N–H and O–H groups in total. The second-order valence-electron chi connectivity index (χ2n) is 7.99. The molecule has 0 amide bonds. The molecule has 0 radical (unpaired) electrons. The number of ether oxygens (including phenoxy) is 1. The molecule has 27 heavy (non-hydrogen) atoms. The van der Waals surface area contributed by atoms with Gasteiger partial charge in [-0.15, -0.1) is 13.2 Å². The van der Waals surface area contributed by atoms with Gasteiger partial charge in [-0.2, -0.15) is 0 Å².